The summed E-state index contributed by atoms with van der Waals surface area (Å²) in [6.07, 6.45) is 12.5. The molecule has 80 valence electrons. The summed E-state index contributed by atoms with van der Waals surface area (Å²) in [6, 6.07) is 0. The molecule has 14 heavy (non-hydrogen) atoms. The van der Waals surface area contributed by atoms with E-state index >= 15 is 0 Å². The minimum atomic E-state index is 1.07. The molecule has 5 atom stereocenters. The van der Waals surface area contributed by atoms with Crippen LogP contribution in [0.1, 0.15) is 58.3 Å². The van der Waals surface area contributed by atoms with Gasteiger partial charge in [-0.25, -0.2) is 0 Å². The highest BCUT2D eigenvalue weighted by atomic mass is 14.5. The molecule has 0 aromatic carbocycles. The van der Waals surface area contributed by atoms with Crippen LogP contribution in [0.3, 0.4) is 0 Å². The maximum Gasteiger partial charge on any atom is -0.0329 e. The van der Waals surface area contributed by atoms with Crippen molar-refractivity contribution in [1.29, 1.82) is 0 Å². The maximum atomic E-state index is 2.57. The minimum Gasteiger partial charge on any atom is -0.0620 e. The summed E-state index contributed by atoms with van der Waals surface area (Å²) >= 11 is 0. The molecule has 3 fully saturated rings. The first-order valence-electron chi connectivity index (χ1n) is 6.86. The van der Waals surface area contributed by atoms with Crippen molar-refractivity contribution in [3.63, 3.8) is 0 Å². The van der Waals surface area contributed by atoms with Crippen LogP contribution in [0.2, 0.25) is 0 Å². The largest absolute Gasteiger partial charge is 0.0620 e. The van der Waals surface area contributed by atoms with Crippen LogP contribution >= 0.6 is 0 Å². The van der Waals surface area contributed by atoms with E-state index in [1.807, 2.05) is 0 Å². The topological polar surface area (TPSA) is 0 Å². The summed E-state index contributed by atoms with van der Waals surface area (Å²) in [7, 11) is 0. The molecule has 0 heterocycles. The zero-order valence-electron chi connectivity index (χ0n) is 9.54. The van der Waals surface area contributed by atoms with Crippen LogP contribution in [0.15, 0.2) is 0 Å². The van der Waals surface area contributed by atoms with Crippen molar-refractivity contribution < 1.29 is 0 Å². The standard InChI is InChI=1S/C14H24/c1-10-11-4-2-5-12-6-3-7-13(9-8-11)14(10)12/h10-14H,2-9H2,1H3. The van der Waals surface area contributed by atoms with Crippen LogP contribution < -0.4 is 0 Å². The van der Waals surface area contributed by atoms with E-state index in [4.69, 9.17) is 0 Å². The predicted molar refractivity (Wildman–Crippen MR) is 60.1 cm³/mol. The second-order valence-electron chi connectivity index (χ2n) is 6.16. The zero-order valence-corrected chi connectivity index (χ0v) is 9.54. The Labute approximate surface area is 88.5 Å². The zero-order chi connectivity index (χ0) is 9.54. The van der Waals surface area contributed by atoms with Gasteiger partial charge in [-0.15, -0.1) is 0 Å². The monoisotopic (exact) mass is 192 g/mol. The first kappa shape index (κ1) is 9.24. The Morgan fingerprint density at radius 3 is 1.86 bits per heavy atom. The lowest BCUT2D eigenvalue weighted by molar-refractivity contribution is 0.0322. The van der Waals surface area contributed by atoms with Crippen molar-refractivity contribution >= 4 is 0 Å². The number of rotatable bonds is 0. The Morgan fingerprint density at radius 2 is 1.14 bits per heavy atom. The van der Waals surface area contributed by atoms with E-state index in [1.54, 1.807) is 51.4 Å². The van der Waals surface area contributed by atoms with Crippen LogP contribution in [-0.4, -0.2) is 0 Å². The van der Waals surface area contributed by atoms with Gasteiger partial charge in [0.05, 0.1) is 0 Å². The third kappa shape index (κ3) is 1.33. The first-order chi connectivity index (χ1) is 6.86. The van der Waals surface area contributed by atoms with Crippen molar-refractivity contribution in [3.8, 4) is 0 Å². The molecule has 0 heteroatoms. The fraction of sp³-hybridized carbons (Fsp3) is 1.00. The molecule has 0 saturated heterocycles. The van der Waals surface area contributed by atoms with Gasteiger partial charge in [0.1, 0.15) is 0 Å². The highest BCUT2D eigenvalue weighted by molar-refractivity contribution is 4.93. The summed E-state index contributed by atoms with van der Waals surface area (Å²) in [6.45, 7) is 2.57. The molecule has 0 aromatic rings. The average Bonchev–Trinajstić information content (AvgIpc) is 2.33. The van der Waals surface area contributed by atoms with Crippen LogP contribution in [0.25, 0.3) is 0 Å². The molecule has 3 aliphatic carbocycles. The molecule has 0 amide bonds. The molecule has 0 radical (unpaired) electrons. The van der Waals surface area contributed by atoms with Crippen molar-refractivity contribution in [2.75, 3.05) is 0 Å². The van der Waals surface area contributed by atoms with E-state index in [-0.39, 0.29) is 0 Å². The second kappa shape index (κ2) is 3.54. The molecule has 5 unspecified atom stereocenters. The SMILES string of the molecule is CC1C2CCCC3CCCC(CC2)C31. The number of hydrogen-bond acceptors (Lipinski definition) is 0. The number of hydrogen-bond donors (Lipinski definition) is 0. The lowest BCUT2D eigenvalue weighted by Crippen LogP contribution is -2.38. The fourth-order valence-corrected chi connectivity index (χ4v) is 5.00. The maximum absolute atomic E-state index is 2.57. The molecule has 3 aliphatic rings. The van der Waals surface area contributed by atoms with Crippen LogP contribution in [0, 0.1) is 29.6 Å². The van der Waals surface area contributed by atoms with Gasteiger partial charge in [0, 0.05) is 0 Å². The van der Waals surface area contributed by atoms with Gasteiger partial charge in [0.15, 0.2) is 0 Å². The minimum absolute atomic E-state index is 1.07. The van der Waals surface area contributed by atoms with E-state index in [0.717, 1.165) is 29.6 Å². The van der Waals surface area contributed by atoms with Gasteiger partial charge >= 0.3 is 0 Å². The van der Waals surface area contributed by atoms with Crippen LogP contribution in [-0.2, 0) is 0 Å². The second-order valence-corrected chi connectivity index (χ2v) is 6.16. The molecule has 0 N–H and O–H groups in total. The Bertz CT molecular complexity index is 206. The van der Waals surface area contributed by atoms with Crippen molar-refractivity contribution in [2.45, 2.75) is 58.3 Å². The van der Waals surface area contributed by atoms with Gasteiger partial charge in [0.2, 0.25) is 0 Å². The Hall–Kier alpha value is 0. The average molecular weight is 192 g/mol. The normalized spacial score (nSPS) is 52.5. The molecule has 0 aromatic heterocycles. The highest BCUT2D eigenvalue weighted by Crippen LogP contribution is 2.53. The smallest absolute Gasteiger partial charge is 0.0329 e. The predicted octanol–water partition coefficient (Wildman–Crippen LogP) is 4.25. The van der Waals surface area contributed by atoms with Gasteiger partial charge in [-0.1, -0.05) is 45.4 Å². The van der Waals surface area contributed by atoms with E-state index in [0.29, 0.717) is 0 Å². The van der Waals surface area contributed by atoms with Gasteiger partial charge in [-0.2, -0.15) is 0 Å². The molecule has 3 rings (SSSR count). The van der Waals surface area contributed by atoms with Crippen molar-refractivity contribution in [1.82, 2.24) is 0 Å². The van der Waals surface area contributed by atoms with E-state index in [9.17, 15) is 0 Å². The molecular weight excluding hydrogens is 168 g/mol. The fourth-order valence-electron chi connectivity index (χ4n) is 5.00. The molecular formula is C14H24. The molecule has 3 saturated carbocycles. The van der Waals surface area contributed by atoms with Crippen molar-refractivity contribution in [3.05, 3.63) is 0 Å². The lowest BCUT2D eigenvalue weighted by Gasteiger charge is -2.46. The summed E-state index contributed by atoms with van der Waals surface area (Å²) in [5.41, 5.74) is 0. The first-order valence-corrected chi connectivity index (χ1v) is 6.86. The molecule has 0 nitrogen and oxygen atoms in total. The highest BCUT2D eigenvalue weighted by Gasteiger charge is 2.43. The number of fused-ring (bicyclic) bond motifs is 1. The quantitative estimate of drug-likeness (QED) is 0.538. The summed E-state index contributed by atoms with van der Waals surface area (Å²) < 4.78 is 0. The molecule has 2 bridgehead atoms. The van der Waals surface area contributed by atoms with E-state index in [1.165, 1.54) is 0 Å². The van der Waals surface area contributed by atoms with Gasteiger partial charge in [-0.05, 0) is 42.4 Å². The summed E-state index contributed by atoms with van der Waals surface area (Å²) in [4.78, 5) is 0. The Balaban J connectivity index is 1.88. The van der Waals surface area contributed by atoms with Gasteiger partial charge in [-0.3, -0.25) is 0 Å². The van der Waals surface area contributed by atoms with E-state index in [2.05, 4.69) is 6.92 Å². The third-order valence-corrected chi connectivity index (χ3v) is 5.65. The summed E-state index contributed by atoms with van der Waals surface area (Å²) in [5, 5.41) is 0. The molecule has 0 spiro atoms. The van der Waals surface area contributed by atoms with Crippen molar-refractivity contribution in [2.24, 2.45) is 29.6 Å². The Morgan fingerprint density at radius 1 is 0.643 bits per heavy atom. The molecule has 0 aliphatic heterocycles. The van der Waals surface area contributed by atoms with Crippen LogP contribution in [0.5, 0.6) is 0 Å². The Kier molecular flexibility index (Phi) is 2.34. The lowest BCUT2D eigenvalue weighted by atomic mass is 9.59. The third-order valence-electron chi connectivity index (χ3n) is 5.65. The van der Waals surface area contributed by atoms with Gasteiger partial charge in [0.25, 0.3) is 0 Å². The van der Waals surface area contributed by atoms with Crippen LogP contribution in [0.4, 0.5) is 0 Å². The summed E-state index contributed by atoms with van der Waals surface area (Å²) in [5.74, 6) is 5.60. The van der Waals surface area contributed by atoms with Gasteiger partial charge < -0.3 is 0 Å². The van der Waals surface area contributed by atoms with E-state index < -0.39 is 0 Å².